The first-order valence-electron chi connectivity index (χ1n) is 11.5. The van der Waals surface area contributed by atoms with Crippen LogP contribution in [0.2, 0.25) is 10.0 Å². The fourth-order valence-corrected chi connectivity index (χ4v) is 4.36. The van der Waals surface area contributed by atoms with Gasteiger partial charge in [-0.1, -0.05) is 35.3 Å². The van der Waals surface area contributed by atoms with Gasteiger partial charge < -0.3 is 24.1 Å². The molecular formula is C26H25Cl2N3O6. The maximum absolute atomic E-state index is 10.4. The smallest absolute Gasteiger partial charge is 0.329 e. The maximum atomic E-state index is 10.4. The third-order valence-electron chi connectivity index (χ3n) is 5.35. The van der Waals surface area contributed by atoms with Gasteiger partial charge in [-0.05, 0) is 37.3 Å². The van der Waals surface area contributed by atoms with Crippen LogP contribution in [-0.2, 0) is 14.3 Å². The monoisotopic (exact) mass is 545 g/mol. The van der Waals surface area contributed by atoms with Crippen LogP contribution >= 0.6 is 23.2 Å². The molecule has 11 heteroatoms. The molecule has 0 radical (unpaired) electrons. The quantitative estimate of drug-likeness (QED) is 0.209. The Balaban J connectivity index is 1.40. The Morgan fingerprint density at radius 3 is 2.54 bits per heavy atom. The van der Waals surface area contributed by atoms with Crippen LogP contribution in [0.15, 0.2) is 54.9 Å². The van der Waals surface area contributed by atoms with Crippen molar-refractivity contribution in [2.24, 2.45) is 0 Å². The van der Waals surface area contributed by atoms with Crippen LogP contribution in [0.1, 0.15) is 18.6 Å². The molecule has 194 valence electrons. The molecule has 37 heavy (non-hydrogen) atoms. The molecule has 0 spiro atoms. The molecule has 0 aliphatic carbocycles. The summed E-state index contributed by atoms with van der Waals surface area (Å²) in [6, 6.07) is 13.3. The van der Waals surface area contributed by atoms with Crippen molar-refractivity contribution in [3.63, 3.8) is 0 Å². The van der Waals surface area contributed by atoms with Gasteiger partial charge in [-0.3, -0.25) is 10.1 Å². The summed E-state index contributed by atoms with van der Waals surface area (Å²) in [4.78, 5) is 14.4. The topological polar surface area (TPSA) is 116 Å². The third kappa shape index (κ3) is 7.11. The van der Waals surface area contributed by atoms with Crippen LogP contribution < -0.4 is 9.47 Å². The minimum atomic E-state index is -1.01. The number of aromatic amines is 1. The summed E-state index contributed by atoms with van der Waals surface area (Å²) in [6.07, 6.45) is 2.69. The maximum Gasteiger partial charge on any atom is 0.329 e. The van der Waals surface area contributed by atoms with Crippen molar-refractivity contribution in [1.82, 2.24) is 15.2 Å². The van der Waals surface area contributed by atoms with E-state index in [9.17, 15) is 4.79 Å². The number of benzene rings is 2. The van der Waals surface area contributed by atoms with Crippen molar-refractivity contribution in [1.29, 1.82) is 0 Å². The molecular weight excluding hydrogens is 521 g/mol. The third-order valence-corrected chi connectivity index (χ3v) is 5.95. The summed E-state index contributed by atoms with van der Waals surface area (Å²) in [5.41, 5.74) is 3.16. The van der Waals surface area contributed by atoms with Crippen molar-refractivity contribution in [3.8, 4) is 22.8 Å². The number of carboxylic acids is 1. The molecule has 0 saturated carbocycles. The largest absolute Gasteiger partial charge is 0.491 e. The van der Waals surface area contributed by atoms with Gasteiger partial charge in [-0.15, -0.1) is 0 Å². The van der Waals surface area contributed by atoms with Crippen LogP contribution in [0.3, 0.4) is 0 Å². The van der Waals surface area contributed by atoms with Gasteiger partial charge in [0.05, 0.1) is 35.4 Å². The van der Waals surface area contributed by atoms with Crippen LogP contribution in [0.5, 0.6) is 11.5 Å². The van der Waals surface area contributed by atoms with Crippen LogP contribution in [0, 0.1) is 0 Å². The summed E-state index contributed by atoms with van der Waals surface area (Å²) in [6.45, 7) is 2.71. The second kappa shape index (κ2) is 12.7. The Morgan fingerprint density at radius 1 is 1.00 bits per heavy atom. The standard InChI is InChI=1S/C26H25Cl2N3O6/c1-16(25-21(27)13-29-14-22(25)28)37-19-5-6-23-20(12-19)26(31-30-23)17-3-2-4-18(11-17)36-10-9-34-7-8-35-15-24(32)33/h2-6,11-14,16H,7-10,15H2,1H3,(H,30,31)(H,32,33)/t16-/m1/s1. The minimum absolute atomic E-state index is 0.209. The number of pyridine rings is 1. The Hall–Kier alpha value is -3.37. The first-order valence-corrected chi connectivity index (χ1v) is 12.2. The number of aliphatic carboxylic acids is 1. The molecule has 0 bridgehead atoms. The van der Waals surface area contributed by atoms with Gasteiger partial charge in [0.1, 0.15) is 36.5 Å². The van der Waals surface area contributed by atoms with E-state index in [4.69, 9.17) is 47.3 Å². The lowest BCUT2D eigenvalue weighted by atomic mass is 10.1. The number of hydrogen-bond acceptors (Lipinski definition) is 7. The molecule has 4 rings (SSSR count). The average Bonchev–Trinajstić information content (AvgIpc) is 3.29. The van der Waals surface area contributed by atoms with Gasteiger partial charge in [-0.25, -0.2) is 4.79 Å². The van der Waals surface area contributed by atoms with E-state index >= 15 is 0 Å². The SMILES string of the molecule is C[C@@H](Oc1ccc2[nH]nc(-c3cccc(OCCOCCOCC(=O)O)c3)c2c1)c1c(Cl)cncc1Cl. The number of H-pyrrole nitrogens is 1. The van der Waals surface area contributed by atoms with Crippen molar-refractivity contribution < 1.29 is 28.8 Å². The second-order valence-corrected chi connectivity index (χ2v) is 8.81. The molecule has 0 unspecified atom stereocenters. The molecule has 0 saturated heterocycles. The van der Waals surface area contributed by atoms with E-state index in [0.717, 1.165) is 22.2 Å². The summed E-state index contributed by atoms with van der Waals surface area (Å²) >= 11 is 12.6. The number of carbonyl (C=O) groups is 1. The first-order chi connectivity index (χ1) is 17.9. The second-order valence-electron chi connectivity index (χ2n) is 7.99. The first kappa shape index (κ1) is 26.7. The number of hydrogen-bond donors (Lipinski definition) is 2. The summed E-state index contributed by atoms with van der Waals surface area (Å²) in [5.74, 6) is 0.303. The number of fused-ring (bicyclic) bond motifs is 1. The van der Waals surface area contributed by atoms with Gasteiger partial charge in [0.15, 0.2) is 0 Å². The molecule has 2 aromatic carbocycles. The average molecular weight is 546 g/mol. The number of aromatic nitrogens is 3. The van der Waals surface area contributed by atoms with Gasteiger partial charge in [-0.2, -0.15) is 5.10 Å². The molecule has 0 aliphatic heterocycles. The summed E-state index contributed by atoms with van der Waals surface area (Å²) in [7, 11) is 0. The van der Waals surface area contributed by atoms with E-state index in [1.54, 1.807) is 0 Å². The highest BCUT2D eigenvalue weighted by atomic mass is 35.5. The van der Waals surface area contributed by atoms with Crippen molar-refractivity contribution in [2.45, 2.75) is 13.0 Å². The minimum Gasteiger partial charge on any atom is -0.491 e. The Labute approximate surface area is 223 Å². The number of halogens is 2. The predicted molar refractivity (Wildman–Crippen MR) is 140 cm³/mol. The number of nitrogens with zero attached hydrogens (tertiary/aromatic N) is 2. The normalized spacial score (nSPS) is 12.0. The Kier molecular flexibility index (Phi) is 9.19. The Bertz CT molecular complexity index is 1340. The van der Waals surface area contributed by atoms with Gasteiger partial charge >= 0.3 is 5.97 Å². The van der Waals surface area contributed by atoms with Gasteiger partial charge in [0, 0.05) is 28.9 Å². The van der Waals surface area contributed by atoms with Crippen molar-refractivity contribution >= 4 is 40.1 Å². The molecule has 0 fully saturated rings. The van der Waals surface area contributed by atoms with E-state index in [1.165, 1.54) is 12.4 Å². The highest BCUT2D eigenvalue weighted by Gasteiger charge is 2.17. The number of ether oxygens (including phenoxy) is 4. The molecule has 4 aromatic rings. The molecule has 2 aromatic heterocycles. The molecule has 0 aliphatic rings. The predicted octanol–water partition coefficient (Wildman–Crippen LogP) is 5.57. The van der Waals surface area contributed by atoms with Crippen LogP contribution in [0.4, 0.5) is 0 Å². The van der Waals surface area contributed by atoms with E-state index in [1.807, 2.05) is 49.4 Å². The van der Waals surface area contributed by atoms with Crippen molar-refractivity contribution in [2.75, 3.05) is 33.0 Å². The Morgan fingerprint density at radius 2 is 1.76 bits per heavy atom. The fourth-order valence-electron chi connectivity index (χ4n) is 3.69. The lowest BCUT2D eigenvalue weighted by molar-refractivity contribution is -0.142. The highest BCUT2D eigenvalue weighted by molar-refractivity contribution is 6.35. The molecule has 2 heterocycles. The van der Waals surface area contributed by atoms with E-state index in [2.05, 4.69) is 15.2 Å². The lowest BCUT2D eigenvalue weighted by Gasteiger charge is -2.17. The fraction of sp³-hybridized carbons (Fsp3) is 0.269. The zero-order valence-electron chi connectivity index (χ0n) is 19.9. The van der Waals surface area contributed by atoms with Crippen molar-refractivity contribution in [3.05, 3.63) is 70.5 Å². The van der Waals surface area contributed by atoms with Gasteiger partial charge in [0.25, 0.3) is 0 Å². The van der Waals surface area contributed by atoms with Crippen LogP contribution in [0.25, 0.3) is 22.2 Å². The number of carboxylic acid groups (broad SMARTS) is 1. The zero-order chi connectivity index (χ0) is 26.2. The lowest BCUT2D eigenvalue weighted by Crippen LogP contribution is -2.13. The van der Waals surface area contributed by atoms with Crippen LogP contribution in [-0.4, -0.2) is 59.3 Å². The number of nitrogens with one attached hydrogen (secondary N) is 1. The molecule has 9 nitrogen and oxygen atoms in total. The zero-order valence-corrected chi connectivity index (χ0v) is 21.5. The molecule has 0 amide bonds. The number of rotatable bonds is 13. The van der Waals surface area contributed by atoms with E-state index in [0.29, 0.717) is 46.9 Å². The molecule has 2 N–H and O–H groups in total. The summed E-state index contributed by atoms with van der Waals surface area (Å²) in [5, 5.41) is 17.9. The van der Waals surface area contributed by atoms with E-state index < -0.39 is 12.1 Å². The van der Waals surface area contributed by atoms with Gasteiger partial charge in [0.2, 0.25) is 0 Å². The van der Waals surface area contributed by atoms with E-state index in [-0.39, 0.29) is 13.2 Å². The highest BCUT2D eigenvalue weighted by Crippen LogP contribution is 2.35. The summed E-state index contributed by atoms with van der Waals surface area (Å²) < 4.78 is 22.3. The molecule has 1 atom stereocenters.